The van der Waals surface area contributed by atoms with E-state index in [-0.39, 0.29) is 0 Å². The molecule has 0 spiro atoms. The average Bonchev–Trinajstić information content (AvgIpc) is 2.30. The van der Waals surface area contributed by atoms with Crippen molar-refractivity contribution in [1.82, 2.24) is 15.5 Å². The van der Waals surface area contributed by atoms with Crippen LogP contribution < -0.4 is 10.1 Å². The van der Waals surface area contributed by atoms with Crippen molar-refractivity contribution in [2.45, 2.75) is 18.8 Å². The maximum atomic E-state index is 5.85. The number of hydrogen-bond donors (Lipinski definition) is 1. The second-order valence-corrected chi connectivity index (χ2v) is 4.04. The Morgan fingerprint density at radius 3 is 2.80 bits per heavy atom. The number of hydrogen-bond acceptors (Lipinski definition) is 4. The highest BCUT2D eigenvalue weighted by molar-refractivity contribution is 6.29. The van der Waals surface area contributed by atoms with Crippen molar-refractivity contribution < 1.29 is 4.74 Å². The number of methoxy groups -OCH3 is 1. The smallest absolute Gasteiger partial charge is 0.236 e. The van der Waals surface area contributed by atoms with Crippen LogP contribution in [0.1, 0.15) is 24.3 Å². The van der Waals surface area contributed by atoms with Gasteiger partial charge in [0.2, 0.25) is 5.88 Å². The van der Waals surface area contributed by atoms with E-state index in [0.717, 1.165) is 31.5 Å². The van der Waals surface area contributed by atoms with Crippen LogP contribution in [-0.4, -0.2) is 30.4 Å². The molecule has 1 aliphatic heterocycles. The van der Waals surface area contributed by atoms with E-state index in [1.165, 1.54) is 0 Å². The number of halogens is 1. The first-order chi connectivity index (χ1) is 7.31. The molecule has 5 heteroatoms. The van der Waals surface area contributed by atoms with Crippen LogP contribution in [0.15, 0.2) is 6.07 Å². The predicted molar refractivity (Wildman–Crippen MR) is 58.4 cm³/mol. The summed E-state index contributed by atoms with van der Waals surface area (Å²) >= 11 is 5.85. The van der Waals surface area contributed by atoms with E-state index in [0.29, 0.717) is 17.0 Å². The summed E-state index contributed by atoms with van der Waals surface area (Å²) in [4.78, 5) is 0. The number of aromatic nitrogens is 2. The summed E-state index contributed by atoms with van der Waals surface area (Å²) in [5, 5.41) is 11.5. The maximum Gasteiger partial charge on any atom is 0.236 e. The van der Waals surface area contributed by atoms with Crippen molar-refractivity contribution in [3.8, 4) is 5.88 Å². The molecule has 0 unspecified atom stereocenters. The lowest BCUT2D eigenvalue weighted by molar-refractivity contribution is 0.371. The molecule has 4 nitrogen and oxygen atoms in total. The Kier molecular flexibility index (Phi) is 3.38. The van der Waals surface area contributed by atoms with Gasteiger partial charge in [-0.1, -0.05) is 11.6 Å². The van der Waals surface area contributed by atoms with E-state index < -0.39 is 0 Å². The predicted octanol–water partition coefficient (Wildman–Crippen LogP) is 1.61. The topological polar surface area (TPSA) is 47.0 Å². The van der Waals surface area contributed by atoms with Gasteiger partial charge in [-0.3, -0.25) is 0 Å². The molecule has 1 fully saturated rings. The van der Waals surface area contributed by atoms with Crippen molar-refractivity contribution in [2.75, 3.05) is 20.2 Å². The second kappa shape index (κ2) is 4.77. The van der Waals surface area contributed by atoms with Crippen LogP contribution in [0.5, 0.6) is 5.88 Å². The van der Waals surface area contributed by atoms with Crippen molar-refractivity contribution in [1.29, 1.82) is 0 Å². The van der Waals surface area contributed by atoms with Gasteiger partial charge >= 0.3 is 0 Å². The van der Waals surface area contributed by atoms with Gasteiger partial charge in [-0.15, -0.1) is 10.2 Å². The lowest BCUT2D eigenvalue weighted by atomic mass is 9.91. The zero-order chi connectivity index (χ0) is 10.7. The van der Waals surface area contributed by atoms with Crippen LogP contribution in [0.2, 0.25) is 5.15 Å². The van der Waals surface area contributed by atoms with E-state index in [1.807, 2.05) is 6.07 Å². The molecule has 82 valence electrons. The summed E-state index contributed by atoms with van der Waals surface area (Å²) in [6.07, 6.45) is 2.19. The molecule has 1 N–H and O–H groups in total. The zero-order valence-electron chi connectivity index (χ0n) is 8.66. The van der Waals surface area contributed by atoms with E-state index in [1.54, 1.807) is 7.11 Å². The van der Waals surface area contributed by atoms with Crippen molar-refractivity contribution in [3.05, 3.63) is 16.8 Å². The molecule has 0 aliphatic carbocycles. The Morgan fingerprint density at radius 1 is 1.40 bits per heavy atom. The van der Waals surface area contributed by atoms with Gasteiger partial charge in [0, 0.05) is 5.56 Å². The lowest BCUT2D eigenvalue weighted by Crippen LogP contribution is -2.27. The van der Waals surface area contributed by atoms with Gasteiger partial charge < -0.3 is 10.1 Å². The Balaban J connectivity index is 2.27. The quantitative estimate of drug-likeness (QED) is 0.834. The fourth-order valence-electron chi connectivity index (χ4n) is 1.95. The first kappa shape index (κ1) is 10.6. The average molecular weight is 228 g/mol. The van der Waals surface area contributed by atoms with Gasteiger partial charge in [-0.2, -0.15) is 0 Å². The molecule has 0 radical (unpaired) electrons. The third-order valence-corrected chi connectivity index (χ3v) is 2.91. The van der Waals surface area contributed by atoms with Gasteiger partial charge in [0.15, 0.2) is 5.15 Å². The van der Waals surface area contributed by atoms with E-state index in [4.69, 9.17) is 16.3 Å². The third kappa shape index (κ3) is 2.38. The third-order valence-electron chi connectivity index (χ3n) is 2.73. The Morgan fingerprint density at radius 2 is 2.13 bits per heavy atom. The largest absolute Gasteiger partial charge is 0.480 e. The molecule has 0 amide bonds. The normalized spacial score (nSPS) is 17.7. The minimum Gasteiger partial charge on any atom is -0.480 e. The molecule has 1 aliphatic rings. The first-order valence-electron chi connectivity index (χ1n) is 5.09. The Bertz CT molecular complexity index is 339. The number of nitrogens with one attached hydrogen (secondary N) is 1. The molecule has 1 aromatic rings. The van der Waals surface area contributed by atoms with Gasteiger partial charge in [-0.05, 0) is 37.9 Å². The SMILES string of the molecule is COc1nnc(Cl)cc1C1CCNCC1. The highest BCUT2D eigenvalue weighted by Gasteiger charge is 2.20. The number of ether oxygens (including phenoxy) is 1. The molecule has 1 saturated heterocycles. The molecule has 0 atom stereocenters. The first-order valence-corrected chi connectivity index (χ1v) is 5.47. The number of piperidine rings is 1. The standard InChI is InChI=1S/C10H14ClN3O/c1-15-10-8(6-9(11)13-14-10)7-2-4-12-5-3-7/h6-7,12H,2-5H2,1H3. The summed E-state index contributed by atoms with van der Waals surface area (Å²) in [7, 11) is 1.61. The summed E-state index contributed by atoms with van der Waals surface area (Å²) in [6, 6.07) is 1.86. The molecule has 15 heavy (non-hydrogen) atoms. The minimum atomic E-state index is 0.435. The number of rotatable bonds is 2. The van der Waals surface area contributed by atoms with E-state index in [2.05, 4.69) is 15.5 Å². The molecule has 0 bridgehead atoms. The van der Waals surface area contributed by atoms with Gasteiger partial charge in [0.05, 0.1) is 7.11 Å². The maximum absolute atomic E-state index is 5.85. The van der Waals surface area contributed by atoms with Gasteiger partial charge in [0.1, 0.15) is 0 Å². The molecule has 0 saturated carbocycles. The van der Waals surface area contributed by atoms with E-state index >= 15 is 0 Å². The number of nitrogens with zero attached hydrogens (tertiary/aromatic N) is 2. The summed E-state index contributed by atoms with van der Waals surface area (Å²) in [5.41, 5.74) is 1.08. The van der Waals surface area contributed by atoms with Gasteiger partial charge in [0.25, 0.3) is 0 Å². The summed E-state index contributed by atoms with van der Waals surface area (Å²) in [6.45, 7) is 2.07. The molecule has 2 heterocycles. The molecular formula is C10H14ClN3O. The fourth-order valence-corrected chi connectivity index (χ4v) is 2.11. The van der Waals surface area contributed by atoms with E-state index in [9.17, 15) is 0 Å². The van der Waals surface area contributed by atoms with Crippen LogP contribution in [0, 0.1) is 0 Å². The summed E-state index contributed by atoms with van der Waals surface area (Å²) < 4.78 is 5.20. The molecule has 2 rings (SSSR count). The minimum absolute atomic E-state index is 0.435. The highest BCUT2D eigenvalue weighted by Crippen LogP contribution is 2.31. The second-order valence-electron chi connectivity index (χ2n) is 3.66. The molecule has 1 aromatic heterocycles. The fraction of sp³-hybridized carbons (Fsp3) is 0.600. The highest BCUT2D eigenvalue weighted by atomic mass is 35.5. The van der Waals surface area contributed by atoms with Crippen LogP contribution in [-0.2, 0) is 0 Å². The Labute approximate surface area is 94.0 Å². The zero-order valence-corrected chi connectivity index (χ0v) is 9.42. The van der Waals surface area contributed by atoms with Crippen LogP contribution in [0.25, 0.3) is 0 Å². The van der Waals surface area contributed by atoms with Crippen LogP contribution >= 0.6 is 11.6 Å². The Hall–Kier alpha value is -0.870. The molecule has 0 aromatic carbocycles. The lowest BCUT2D eigenvalue weighted by Gasteiger charge is -2.23. The van der Waals surface area contributed by atoms with Crippen LogP contribution in [0.4, 0.5) is 0 Å². The van der Waals surface area contributed by atoms with Crippen molar-refractivity contribution >= 4 is 11.6 Å². The van der Waals surface area contributed by atoms with Crippen molar-refractivity contribution in [2.24, 2.45) is 0 Å². The summed E-state index contributed by atoms with van der Waals surface area (Å²) in [5.74, 6) is 1.08. The van der Waals surface area contributed by atoms with Gasteiger partial charge in [-0.25, -0.2) is 0 Å². The molecular weight excluding hydrogens is 214 g/mol. The monoisotopic (exact) mass is 227 g/mol. The van der Waals surface area contributed by atoms with Crippen LogP contribution in [0.3, 0.4) is 0 Å². The van der Waals surface area contributed by atoms with Crippen molar-refractivity contribution in [3.63, 3.8) is 0 Å².